The smallest absolute Gasteiger partial charge is 0.261 e. The van der Waals surface area contributed by atoms with Crippen LogP contribution in [-0.4, -0.2) is 79.2 Å². The van der Waals surface area contributed by atoms with E-state index in [2.05, 4.69) is 108 Å². The largest absolute Gasteiger partial charge is 0.405 e. The topological polar surface area (TPSA) is 74.0 Å². The van der Waals surface area contributed by atoms with Crippen molar-refractivity contribution < 1.29 is 13.9 Å². The number of rotatable bonds is 11. The first-order valence-electron chi connectivity index (χ1n) is 15.8. The van der Waals surface area contributed by atoms with Gasteiger partial charge < -0.3 is 23.4 Å². The number of thioether (sulfide) groups is 1. The minimum Gasteiger partial charge on any atom is -0.405 e. The molecule has 3 unspecified atom stereocenters. The summed E-state index contributed by atoms with van der Waals surface area (Å²) in [4.78, 5) is 15.7. The summed E-state index contributed by atoms with van der Waals surface area (Å²) in [7, 11) is 1.10. The Bertz CT molecular complexity index is 1640. The molecular weight excluding hydrogens is 611 g/mol. The Hall–Kier alpha value is -3.46. The van der Waals surface area contributed by atoms with Crippen LogP contribution in [0.5, 0.6) is 0 Å². The third-order valence-corrected chi connectivity index (χ3v) is 13.5. The van der Waals surface area contributed by atoms with Gasteiger partial charge in [-0.05, 0) is 21.7 Å². The van der Waals surface area contributed by atoms with Crippen LogP contribution in [0.3, 0.4) is 0 Å². The van der Waals surface area contributed by atoms with Gasteiger partial charge in [0.05, 0.1) is 35.9 Å². The number of nitrogens with zero attached hydrogens (tertiary/aromatic N) is 5. The molecule has 0 N–H and O–H groups in total. The molecule has 0 spiro atoms. The van der Waals surface area contributed by atoms with Gasteiger partial charge in [-0.25, -0.2) is 15.0 Å². The van der Waals surface area contributed by atoms with E-state index in [0.717, 1.165) is 23.0 Å². The van der Waals surface area contributed by atoms with E-state index in [1.165, 1.54) is 10.4 Å². The third-order valence-electron chi connectivity index (χ3n) is 8.17. The van der Waals surface area contributed by atoms with Gasteiger partial charge in [0, 0.05) is 33.1 Å². The summed E-state index contributed by atoms with van der Waals surface area (Å²) < 4.78 is 22.7. The standard InChI is InChI=1S/C36H45N5O3SSi/c1-8-9-16-27-22-41(35-33(27)34(37-24-38-35)39-25-40(5)6)32-21-30(42-26-45-7)31(44-32)23-43-46(36(2,3)4,28-17-12-10-13-18-28)29-19-14-11-15-20-29/h10-15,17-20,22,24-25,30-32H,8,21,23,26H2,1-7H3. The molecule has 4 aromatic rings. The zero-order valence-corrected chi connectivity index (χ0v) is 29.8. The molecule has 1 fully saturated rings. The minimum atomic E-state index is -2.77. The second kappa shape index (κ2) is 15.0. The molecule has 46 heavy (non-hydrogen) atoms. The van der Waals surface area contributed by atoms with E-state index in [0.29, 0.717) is 24.8 Å². The van der Waals surface area contributed by atoms with Crippen molar-refractivity contribution in [3.63, 3.8) is 0 Å². The Labute approximate surface area is 278 Å². The van der Waals surface area contributed by atoms with Gasteiger partial charge in [0.25, 0.3) is 8.32 Å². The highest BCUT2D eigenvalue weighted by Gasteiger charge is 2.51. The normalized spacial score (nSPS) is 18.6. The van der Waals surface area contributed by atoms with E-state index in [1.54, 1.807) is 24.4 Å². The average molecular weight is 656 g/mol. The summed E-state index contributed by atoms with van der Waals surface area (Å²) in [5.41, 5.74) is 1.57. The zero-order valence-electron chi connectivity index (χ0n) is 27.9. The average Bonchev–Trinajstić information content (AvgIpc) is 3.63. The first-order chi connectivity index (χ1) is 22.2. The Morgan fingerprint density at radius 1 is 1.09 bits per heavy atom. The molecule has 0 saturated carbocycles. The molecule has 0 aliphatic carbocycles. The van der Waals surface area contributed by atoms with E-state index in [4.69, 9.17) is 18.9 Å². The molecule has 242 valence electrons. The number of ether oxygens (including phenoxy) is 2. The fourth-order valence-electron chi connectivity index (χ4n) is 6.16. The monoisotopic (exact) mass is 655 g/mol. The van der Waals surface area contributed by atoms with Crippen LogP contribution in [-0.2, 0) is 13.9 Å². The molecule has 0 radical (unpaired) electrons. The van der Waals surface area contributed by atoms with E-state index < -0.39 is 8.32 Å². The number of aromatic nitrogens is 3. The van der Waals surface area contributed by atoms with Gasteiger partial charge in [-0.3, -0.25) is 0 Å². The summed E-state index contributed by atoms with van der Waals surface area (Å²) in [6, 6.07) is 21.4. The van der Waals surface area contributed by atoms with E-state index >= 15 is 0 Å². The van der Waals surface area contributed by atoms with Crippen LogP contribution in [0.1, 0.15) is 52.3 Å². The van der Waals surface area contributed by atoms with Gasteiger partial charge in [-0.2, -0.15) is 0 Å². The molecule has 10 heteroatoms. The summed E-state index contributed by atoms with van der Waals surface area (Å²) in [5.74, 6) is 7.68. The zero-order chi connectivity index (χ0) is 32.7. The third kappa shape index (κ3) is 7.09. The molecule has 0 amide bonds. The number of benzene rings is 2. The molecule has 2 aromatic heterocycles. The van der Waals surface area contributed by atoms with Gasteiger partial charge >= 0.3 is 0 Å². The molecule has 1 aliphatic heterocycles. The number of hydrogen-bond donors (Lipinski definition) is 0. The first kappa shape index (κ1) is 33.9. The van der Waals surface area contributed by atoms with Crippen LogP contribution < -0.4 is 10.4 Å². The van der Waals surface area contributed by atoms with Crippen LogP contribution in [0.4, 0.5) is 5.82 Å². The van der Waals surface area contributed by atoms with Crippen molar-refractivity contribution in [3.05, 3.63) is 78.8 Å². The first-order valence-corrected chi connectivity index (χ1v) is 19.1. The van der Waals surface area contributed by atoms with Gasteiger partial charge in [0.1, 0.15) is 24.3 Å². The van der Waals surface area contributed by atoms with Crippen LogP contribution >= 0.6 is 11.8 Å². The molecule has 1 saturated heterocycles. The summed E-state index contributed by atoms with van der Waals surface area (Å²) in [5, 5.41) is 3.15. The van der Waals surface area contributed by atoms with Crippen molar-refractivity contribution in [2.75, 3.05) is 32.9 Å². The minimum absolute atomic E-state index is 0.146. The highest BCUT2D eigenvalue weighted by atomic mass is 32.2. The molecule has 5 rings (SSSR count). The summed E-state index contributed by atoms with van der Waals surface area (Å²) in [6.45, 7) is 9.32. The summed E-state index contributed by atoms with van der Waals surface area (Å²) >= 11 is 1.66. The molecule has 8 nitrogen and oxygen atoms in total. The van der Waals surface area contributed by atoms with Crippen molar-refractivity contribution in [2.24, 2.45) is 4.99 Å². The van der Waals surface area contributed by atoms with Gasteiger partial charge in [-0.15, -0.1) is 11.8 Å². The molecular formula is C36H45N5O3SSi. The highest BCUT2D eigenvalue weighted by Crippen LogP contribution is 2.40. The van der Waals surface area contributed by atoms with E-state index in [1.807, 2.05) is 38.4 Å². The predicted molar refractivity (Wildman–Crippen MR) is 192 cm³/mol. The quantitative estimate of drug-likeness (QED) is 0.0647. The van der Waals surface area contributed by atoms with Gasteiger partial charge in [-0.1, -0.05) is 100 Å². The van der Waals surface area contributed by atoms with Crippen molar-refractivity contribution in [2.45, 2.75) is 64.0 Å². The molecule has 0 bridgehead atoms. The maximum Gasteiger partial charge on any atom is 0.261 e. The Morgan fingerprint density at radius 3 is 2.35 bits per heavy atom. The maximum atomic E-state index is 7.31. The Morgan fingerprint density at radius 2 is 1.76 bits per heavy atom. The van der Waals surface area contributed by atoms with Crippen molar-refractivity contribution in [3.8, 4) is 11.8 Å². The number of aliphatic imine (C=N–C) groups is 1. The van der Waals surface area contributed by atoms with Crippen molar-refractivity contribution in [1.29, 1.82) is 0 Å². The number of hydrogen-bond acceptors (Lipinski definition) is 7. The SMILES string of the molecule is CCC#Cc1cn(C2CC(OCSC)C(CO[Si](c3ccccc3)(c3ccccc3)C(C)(C)C)O2)c2ncnc(N=CN(C)C)c12. The Kier molecular flexibility index (Phi) is 11.0. The van der Waals surface area contributed by atoms with Crippen LogP contribution in [0, 0.1) is 11.8 Å². The fourth-order valence-corrected chi connectivity index (χ4v) is 11.0. The summed E-state index contributed by atoms with van der Waals surface area (Å²) in [6.07, 6.45) is 8.00. The highest BCUT2D eigenvalue weighted by molar-refractivity contribution is 7.98. The van der Waals surface area contributed by atoms with E-state index in [-0.39, 0.29) is 23.5 Å². The molecule has 3 atom stereocenters. The van der Waals surface area contributed by atoms with Gasteiger partial charge in [0.15, 0.2) is 5.82 Å². The second-order valence-electron chi connectivity index (χ2n) is 12.7. The second-order valence-corrected chi connectivity index (χ2v) is 17.8. The fraction of sp³-hybridized carbons (Fsp3) is 0.417. The lowest BCUT2D eigenvalue weighted by atomic mass is 10.2. The van der Waals surface area contributed by atoms with Gasteiger partial charge in [0.2, 0.25) is 0 Å². The van der Waals surface area contributed by atoms with Crippen molar-refractivity contribution >= 4 is 53.6 Å². The Balaban J connectivity index is 1.53. The molecule has 1 aliphatic rings. The number of fused-ring (bicyclic) bond motifs is 1. The van der Waals surface area contributed by atoms with Crippen LogP contribution in [0.15, 0.2) is 78.2 Å². The molecule has 2 aromatic carbocycles. The van der Waals surface area contributed by atoms with Crippen LogP contribution in [0.25, 0.3) is 11.0 Å². The molecule has 3 heterocycles. The lowest BCUT2D eigenvalue weighted by Crippen LogP contribution is -2.67. The lowest BCUT2D eigenvalue weighted by molar-refractivity contribution is -0.0499. The maximum absolute atomic E-state index is 7.31. The lowest BCUT2D eigenvalue weighted by Gasteiger charge is -2.43. The van der Waals surface area contributed by atoms with E-state index in [9.17, 15) is 0 Å². The van der Waals surface area contributed by atoms with Crippen LogP contribution in [0.2, 0.25) is 5.04 Å². The van der Waals surface area contributed by atoms with Crippen molar-refractivity contribution in [1.82, 2.24) is 19.4 Å². The predicted octanol–water partition coefficient (Wildman–Crippen LogP) is 5.98.